The molecule has 0 bridgehead atoms. The fraction of sp³-hybridized carbons (Fsp3) is 0.120. The molecule has 4 aromatic rings. The summed E-state index contributed by atoms with van der Waals surface area (Å²) in [6, 6.07) is 19.1. The van der Waals surface area contributed by atoms with Gasteiger partial charge in [0, 0.05) is 17.1 Å². The Labute approximate surface area is 194 Å². The number of nitrogens with one attached hydrogen (secondary N) is 2. The fourth-order valence-corrected chi connectivity index (χ4v) is 3.55. The topological polar surface area (TPSA) is 108 Å². The SMILES string of the molecule is COc1ccccc1OCC(=O)Nc1c(C(=O)Nc2ccc3c(c2)OCO3)oc2ccccc12. The number of carbonyl (C=O) groups is 2. The van der Waals surface area contributed by atoms with E-state index in [9.17, 15) is 9.59 Å². The lowest BCUT2D eigenvalue weighted by Crippen LogP contribution is -2.22. The molecule has 1 aliphatic heterocycles. The van der Waals surface area contributed by atoms with E-state index < -0.39 is 11.8 Å². The minimum Gasteiger partial charge on any atom is -0.493 e. The molecule has 5 rings (SSSR count). The van der Waals surface area contributed by atoms with Crippen molar-refractivity contribution in [2.45, 2.75) is 0 Å². The summed E-state index contributed by atoms with van der Waals surface area (Å²) < 4.78 is 27.3. The second-order valence-electron chi connectivity index (χ2n) is 7.31. The zero-order valence-corrected chi connectivity index (χ0v) is 18.1. The van der Waals surface area contributed by atoms with Gasteiger partial charge in [0.1, 0.15) is 11.3 Å². The van der Waals surface area contributed by atoms with Crippen molar-refractivity contribution in [3.8, 4) is 23.0 Å². The first-order valence-electron chi connectivity index (χ1n) is 10.4. The van der Waals surface area contributed by atoms with Crippen LogP contribution in [0.15, 0.2) is 71.1 Å². The Hall–Kier alpha value is -4.66. The number of hydrogen-bond acceptors (Lipinski definition) is 7. The van der Waals surface area contributed by atoms with Crippen LogP contribution < -0.4 is 29.6 Å². The molecule has 0 aliphatic carbocycles. The van der Waals surface area contributed by atoms with Gasteiger partial charge >= 0.3 is 0 Å². The van der Waals surface area contributed by atoms with Gasteiger partial charge in [0.2, 0.25) is 12.6 Å². The van der Waals surface area contributed by atoms with Crippen molar-refractivity contribution in [2.24, 2.45) is 0 Å². The predicted molar refractivity (Wildman–Crippen MR) is 124 cm³/mol. The van der Waals surface area contributed by atoms with Crippen LogP contribution in [-0.2, 0) is 4.79 Å². The van der Waals surface area contributed by atoms with Crippen molar-refractivity contribution >= 4 is 34.2 Å². The van der Waals surface area contributed by atoms with Crippen molar-refractivity contribution in [3.63, 3.8) is 0 Å². The maximum absolute atomic E-state index is 13.1. The van der Waals surface area contributed by atoms with Crippen LogP contribution in [0, 0.1) is 0 Å². The number of furan rings is 1. The van der Waals surface area contributed by atoms with Crippen LogP contribution in [0.3, 0.4) is 0 Å². The molecule has 1 aliphatic rings. The molecule has 2 amide bonds. The van der Waals surface area contributed by atoms with Gasteiger partial charge in [-0.25, -0.2) is 0 Å². The maximum Gasteiger partial charge on any atom is 0.293 e. The maximum atomic E-state index is 13.1. The average molecular weight is 460 g/mol. The number of carbonyl (C=O) groups excluding carboxylic acids is 2. The zero-order valence-electron chi connectivity index (χ0n) is 18.1. The third-order valence-corrected chi connectivity index (χ3v) is 5.12. The Morgan fingerprint density at radius 3 is 2.53 bits per heavy atom. The van der Waals surface area contributed by atoms with Crippen LogP contribution in [0.25, 0.3) is 11.0 Å². The van der Waals surface area contributed by atoms with E-state index >= 15 is 0 Å². The highest BCUT2D eigenvalue weighted by atomic mass is 16.7. The van der Waals surface area contributed by atoms with Crippen molar-refractivity contribution in [1.29, 1.82) is 0 Å². The molecule has 0 saturated heterocycles. The van der Waals surface area contributed by atoms with E-state index in [0.717, 1.165) is 0 Å². The van der Waals surface area contributed by atoms with Crippen molar-refractivity contribution in [1.82, 2.24) is 0 Å². The first-order chi connectivity index (χ1) is 16.6. The predicted octanol–water partition coefficient (Wildman–Crippen LogP) is 4.44. The van der Waals surface area contributed by atoms with E-state index in [4.69, 9.17) is 23.4 Å². The first kappa shape index (κ1) is 21.2. The monoisotopic (exact) mass is 460 g/mol. The number of ether oxygens (including phenoxy) is 4. The highest BCUT2D eigenvalue weighted by Crippen LogP contribution is 2.35. The van der Waals surface area contributed by atoms with Gasteiger partial charge < -0.3 is 34.0 Å². The Morgan fingerprint density at radius 2 is 1.68 bits per heavy atom. The van der Waals surface area contributed by atoms with Gasteiger partial charge in [-0.05, 0) is 36.4 Å². The number of anilines is 2. The summed E-state index contributed by atoms with van der Waals surface area (Å²) in [4.78, 5) is 25.8. The molecule has 34 heavy (non-hydrogen) atoms. The minimum absolute atomic E-state index is 0.0375. The number of amides is 2. The Kier molecular flexibility index (Phi) is 5.65. The molecule has 172 valence electrons. The molecule has 9 heteroatoms. The molecule has 0 saturated carbocycles. The molecule has 0 unspecified atom stereocenters. The summed E-state index contributed by atoms with van der Waals surface area (Å²) in [5.74, 6) is 1.04. The molecule has 2 N–H and O–H groups in total. The van der Waals surface area contributed by atoms with Crippen LogP contribution in [0.2, 0.25) is 0 Å². The minimum atomic E-state index is -0.531. The number of fused-ring (bicyclic) bond motifs is 2. The van der Waals surface area contributed by atoms with Gasteiger partial charge in [-0.15, -0.1) is 0 Å². The van der Waals surface area contributed by atoms with Gasteiger partial charge in [-0.3, -0.25) is 9.59 Å². The second-order valence-corrected chi connectivity index (χ2v) is 7.31. The third-order valence-electron chi connectivity index (χ3n) is 5.12. The molecule has 0 spiro atoms. The molecular weight excluding hydrogens is 440 g/mol. The van der Waals surface area contributed by atoms with E-state index in [2.05, 4.69) is 10.6 Å². The number of para-hydroxylation sites is 3. The smallest absolute Gasteiger partial charge is 0.293 e. The number of rotatable bonds is 7. The molecule has 9 nitrogen and oxygen atoms in total. The zero-order chi connectivity index (χ0) is 23.5. The number of benzene rings is 3. The van der Waals surface area contributed by atoms with Gasteiger partial charge in [0.25, 0.3) is 11.8 Å². The molecule has 1 aromatic heterocycles. The normalized spacial score (nSPS) is 11.8. The largest absolute Gasteiger partial charge is 0.493 e. The lowest BCUT2D eigenvalue weighted by Gasteiger charge is -2.11. The van der Waals surface area contributed by atoms with E-state index in [1.807, 2.05) is 0 Å². The molecule has 0 fully saturated rings. The summed E-state index contributed by atoms with van der Waals surface area (Å²) in [7, 11) is 1.52. The third kappa shape index (κ3) is 4.18. The van der Waals surface area contributed by atoms with Crippen LogP contribution in [-0.4, -0.2) is 32.3 Å². The number of methoxy groups -OCH3 is 1. The summed E-state index contributed by atoms with van der Waals surface area (Å²) >= 11 is 0. The Balaban J connectivity index is 1.36. The van der Waals surface area contributed by atoms with Gasteiger partial charge in [-0.2, -0.15) is 0 Å². The van der Waals surface area contributed by atoms with Gasteiger partial charge in [0.15, 0.2) is 29.6 Å². The molecule has 2 heterocycles. The average Bonchev–Trinajstić information content (AvgIpc) is 3.47. The van der Waals surface area contributed by atoms with Crippen molar-refractivity contribution < 1.29 is 33.0 Å². The standard InChI is InChI=1S/C25H20N2O7/c1-30-18-8-4-5-9-19(18)31-13-22(28)27-23-16-6-2-3-7-17(16)34-24(23)25(29)26-15-10-11-20-21(12-15)33-14-32-20/h2-12H,13-14H2,1H3,(H,26,29)(H,27,28). The van der Waals surface area contributed by atoms with Crippen LogP contribution in [0.1, 0.15) is 10.6 Å². The van der Waals surface area contributed by atoms with E-state index in [0.29, 0.717) is 39.7 Å². The fourth-order valence-electron chi connectivity index (χ4n) is 3.55. The Bertz CT molecular complexity index is 1380. The van der Waals surface area contributed by atoms with Gasteiger partial charge in [0.05, 0.1) is 7.11 Å². The van der Waals surface area contributed by atoms with Crippen molar-refractivity contribution in [3.05, 3.63) is 72.5 Å². The number of hydrogen-bond donors (Lipinski definition) is 2. The molecule has 0 atom stereocenters. The lowest BCUT2D eigenvalue weighted by atomic mass is 10.2. The van der Waals surface area contributed by atoms with E-state index in [-0.39, 0.29) is 24.8 Å². The van der Waals surface area contributed by atoms with E-state index in [1.165, 1.54) is 7.11 Å². The highest BCUT2D eigenvalue weighted by molar-refractivity contribution is 6.14. The van der Waals surface area contributed by atoms with Gasteiger partial charge in [-0.1, -0.05) is 24.3 Å². The summed E-state index contributed by atoms with van der Waals surface area (Å²) in [6.45, 7) is -0.160. The van der Waals surface area contributed by atoms with Crippen LogP contribution >= 0.6 is 0 Å². The second kappa shape index (κ2) is 9.07. The molecule has 0 radical (unpaired) electrons. The summed E-state index contributed by atoms with van der Waals surface area (Å²) in [6.07, 6.45) is 0. The highest BCUT2D eigenvalue weighted by Gasteiger charge is 2.23. The Morgan fingerprint density at radius 1 is 0.912 bits per heavy atom. The summed E-state index contributed by atoms with van der Waals surface area (Å²) in [5, 5.41) is 6.10. The first-order valence-corrected chi connectivity index (χ1v) is 10.4. The van der Waals surface area contributed by atoms with Crippen LogP contribution in [0.5, 0.6) is 23.0 Å². The molecule has 3 aromatic carbocycles. The summed E-state index contributed by atoms with van der Waals surface area (Å²) in [5.41, 5.74) is 1.20. The molecular formula is C25H20N2O7. The quantitative estimate of drug-likeness (QED) is 0.420. The van der Waals surface area contributed by atoms with Crippen LogP contribution in [0.4, 0.5) is 11.4 Å². The van der Waals surface area contributed by atoms with Crippen molar-refractivity contribution in [2.75, 3.05) is 31.1 Å². The van der Waals surface area contributed by atoms with E-state index in [1.54, 1.807) is 66.7 Å². The lowest BCUT2D eigenvalue weighted by molar-refractivity contribution is -0.118.